The third-order valence-corrected chi connectivity index (χ3v) is 4.59. The van der Waals surface area contributed by atoms with Crippen LogP contribution in [0.1, 0.15) is 20.3 Å². The molecule has 0 aliphatic carbocycles. The van der Waals surface area contributed by atoms with Gasteiger partial charge in [-0.15, -0.1) is 15.5 Å². The Kier molecular flexibility index (Phi) is 3.84. The molecule has 0 N–H and O–H groups in total. The lowest BCUT2D eigenvalue weighted by Crippen LogP contribution is -2.41. The van der Waals surface area contributed by atoms with E-state index < -0.39 is 20.9 Å². The Bertz CT molecular complexity index is 382. The normalized spacial score (nSPS) is 22.5. The summed E-state index contributed by atoms with van der Waals surface area (Å²) in [4.78, 5) is 13.3. The average molecular weight is 272 g/mol. The van der Waals surface area contributed by atoms with Gasteiger partial charge in [-0.2, -0.15) is 8.42 Å². The zero-order valence-electron chi connectivity index (χ0n) is 9.24. The van der Waals surface area contributed by atoms with E-state index in [1.165, 1.54) is 4.90 Å². The van der Waals surface area contributed by atoms with Gasteiger partial charge >= 0.3 is 10.2 Å². The lowest BCUT2D eigenvalue weighted by Gasteiger charge is -2.27. The predicted octanol–water partition coefficient (Wildman–Crippen LogP) is 1.15. The number of carbonyl (C=O) groups is 1. The fourth-order valence-corrected chi connectivity index (χ4v) is 2.49. The second-order valence-electron chi connectivity index (χ2n) is 4.65. The molecule has 1 atom stereocenters. The van der Waals surface area contributed by atoms with E-state index in [1.807, 2.05) is 0 Å². The number of hydrogen-bond acceptors (Lipinski definition) is 3. The first kappa shape index (κ1) is 13.7. The minimum atomic E-state index is -4.55. The van der Waals surface area contributed by atoms with Crippen LogP contribution in [-0.2, 0) is 15.0 Å². The smallest absolute Gasteiger partial charge is 0.307 e. The predicted molar refractivity (Wildman–Crippen MR) is 59.5 cm³/mol. The van der Waals surface area contributed by atoms with Crippen LogP contribution in [0.15, 0.2) is 0 Å². The van der Waals surface area contributed by atoms with E-state index in [0.29, 0.717) is 0 Å². The summed E-state index contributed by atoms with van der Waals surface area (Å²) in [5, 5.41) is -1.08. The van der Waals surface area contributed by atoms with Gasteiger partial charge in [0, 0.05) is 19.0 Å². The third kappa shape index (κ3) is 2.85. The molecule has 1 aliphatic rings. The topological polar surface area (TPSA) is 54.5 Å². The molecule has 1 amide bonds. The molecule has 1 aliphatic heterocycles. The maximum atomic E-state index is 12.7. The standard InChI is InChI=1S/C9H15ClFNO3S/c1-9(2,6-10)8(13)12-4-3-7(5-12)16(11,14)15/h7H,3-6H2,1-2H3. The number of amides is 1. The van der Waals surface area contributed by atoms with E-state index in [4.69, 9.17) is 11.6 Å². The number of rotatable bonds is 3. The number of nitrogens with zero attached hydrogens (tertiary/aromatic N) is 1. The minimum Gasteiger partial charge on any atom is -0.341 e. The van der Waals surface area contributed by atoms with Crippen molar-refractivity contribution in [3.05, 3.63) is 0 Å². The van der Waals surface area contributed by atoms with Gasteiger partial charge in [0.2, 0.25) is 5.91 Å². The Balaban J connectivity index is 2.71. The van der Waals surface area contributed by atoms with E-state index in [9.17, 15) is 17.1 Å². The van der Waals surface area contributed by atoms with Crippen LogP contribution in [0.2, 0.25) is 0 Å². The summed E-state index contributed by atoms with van der Waals surface area (Å²) in [5.41, 5.74) is -0.740. The first-order valence-electron chi connectivity index (χ1n) is 4.97. The molecule has 0 saturated carbocycles. The lowest BCUT2D eigenvalue weighted by molar-refractivity contribution is -0.138. The molecule has 0 spiro atoms. The van der Waals surface area contributed by atoms with Gasteiger partial charge in [-0.1, -0.05) is 0 Å². The van der Waals surface area contributed by atoms with Crippen molar-refractivity contribution in [3.8, 4) is 0 Å². The van der Waals surface area contributed by atoms with Crippen molar-refractivity contribution in [3.63, 3.8) is 0 Å². The van der Waals surface area contributed by atoms with E-state index in [1.54, 1.807) is 13.8 Å². The number of carbonyl (C=O) groups excluding carboxylic acids is 1. The minimum absolute atomic E-state index is 0.0714. The first-order chi connectivity index (χ1) is 7.18. The van der Waals surface area contributed by atoms with Crippen LogP contribution in [0, 0.1) is 5.41 Å². The molecule has 16 heavy (non-hydrogen) atoms. The summed E-state index contributed by atoms with van der Waals surface area (Å²) >= 11 is 5.65. The van der Waals surface area contributed by atoms with Crippen LogP contribution in [0.3, 0.4) is 0 Å². The SMILES string of the molecule is CC(C)(CCl)C(=O)N1CCC(S(=O)(=O)F)C1. The number of halogens is 2. The van der Waals surface area contributed by atoms with Gasteiger partial charge in [0.25, 0.3) is 0 Å². The van der Waals surface area contributed by atoms with Gasteiger partial charge in [-0.25, -0.2) is 0 Å². The highest BCUT2D eigenvalue weighted by atomic mass is 35.5. The van der Waals surface area contributed by atoms with Crippen LogP contribution >= 0.6 is 11.6 Å². The maximum Gasteiger partial charge on any atom is 0.307 e. The van der Waals surface area contributed by atoms with Gasteiger partial charge in [-0.05, 0) is 20.3 Å². The number of hydrogen-bond donors (Lipinski definition) is 0. The van der Waals surface area contributed by atoms with E-state index in [0.717, 1.165) is 0 Å². The molecule has 94 valence electrons. The quantitative estimate of drug-likeness (QED) is 0.572. The highest BCUT2D eigenvalue weighted by Gasteiger charge is 2.39. The van der Waals surface area contributed by atoms with E-state index in [-0.39, 0.29) is 31.3 Å². The molecule has 1 saturated heterocycles. The van der Waals surface area contributed by atoms with Crippen molar-refractivity contribution in [1.29, 1.82) is 0 Å². The van der Waals surface area contributed by atoms with Gasteiger partial charge in [-0.3, -0.25) is 4.79 Å². The second kappa shape index (κ2) is 4.49. The molecule has 0 aromatic carbocycles. The van der Waals surface area contributed by atoms with Crippen molar-refractivity contribution in [2.45, 2.75) is 25.5 Å². The molecule has 0 aromatic rings. The van der Waals surface area contributed by atoms with Crippen LogP contribution in [-0.4, -0.2) is 43.4 Å². The summed E-state index contributed by atoms with van der Waals surface area (Å²) in [6.45, 7) is 3.56. The number of alkyl halides is 1. The Hall–Kier alpha value is -0.360. The maximum absolute atomic E-state index is 12.7. The van der Waals surface area contributed by atoms with Crippen molar-refractivity contribution in [2.75, 3.05) is 19.0 Å². The summed E-state index contributed by atoms with van der Waals surface area (Å²) in [6, 6.07) is 0. The molecule has 1 heterocycles. The monoisotopic (exact) mass is 271 g/mol. The Morgan fingerprint density at radius 1 is 1.56 bits per heavy atom. The fourth-order valence-electron chi connectivity index (χ4n) is 1.63. The molecule has 0 aromatic heterocycles. The zero-order chi connectivity index (χ0) is 12.6. The lowest BCUT2D eigenvalue weighted by atomic mass is 9.94. The molecule has 0 bridgehead atoms. The van der Waals surface area contributed by atoms with Gasteiger partial charge in [0.1, 0.15) is 5.25 Å². The summed E-state index contributed by atoms with van der Waals surface area (Å²) in [7, 11) is -4.55. The Morgan fingerprint density at radius 3 is 2.50 bits per heavy atom. The highest BCUT2D eigenvalue weighted by Crippen LogP contribution is 2.26. The summed E-state index contributed by atoms with van der Waals surface area (Å²) < 4.78 is 34.1. The van der Waals surface area contributed by atoms with Gasteiger partial charge in [0.15, 0.2) is 0 Å². The van der Waals surface area contributed by atoms with Crippen LogP contribution < -0.4 is 0 Å². The molecular formula is C9H15ClFNO3S. The van der Waals surface area contributed by atoms with Crippen LogP contribution in [0.4, 0.5) is 3.89 Å². The summed E-state index contributed by atoms with van der Waals surface area (Å²) in [5.74, 6) is -0.0799. The zero-order valence-corrected chi connectivity index (χ0v) is 10.8. The Morgan fingerprint density at radius 2 is 2.12 bits per heavy atom. The number of likely N-dealkylation sites (tertiary alicyclic amines) is 1. The van der Waals surface area contributed by atoms with Gasteiger partial charge in [0.05, 0.1) is 5.41 Å². The third-order valence-electron chi connectivity index (χ3n) is 2.74. The highest BCUT2D eigenvalue weighted by molar-refractivity contribution is 7.87. The first-order valence-corrected chi connectivity index (χ1v) is 6.95. The molecule has 1 rings (SSSR count). The fraction of sp³-hybridized carbons (Fsp3) is 0.889. The molecule has 1 unspecified atom stereocenters. The van der Waals surface area contributed by atoms with Crippen LogP contribution in [0.25, 0.3) is 0 Å². The van der Waals surface area contributed by atoms with Gasteiger partial charge < -0.3 is 4.90 Å². The largest absolute Gasteiger partial charge is 0.341 e. The average Bonchev–Trinajstić information content (AvgIpc) is 2.64. The second-order valence-corrected chi connectivity index (χ2v) is 6.54. The van der Waals surface area contributed by atoms with Crippen molar-refractivity contribution in [2.24, 2.45) is 5.41 Å². The molecule has 0 radical (unpaired) electrons. The Labute approximate surface area is 100.0 Å². The molecular weight excluding hydrogens is 257 g/mol. The summed E-state index contributed by atoms with van der Waals surface area (Å²) in [6.07, 6.45) is 0.156. The van der Waals surface area contributed by atoms with Crippen molar-refractivity contribution < 1.29 is 17.1 Å². The molecule has 1 fully saturated rings. The van der Waals surface area contributed by atoms with E-state index in [2.05, 4.69) is 0 Å². The van der Waals surface area contributed by atoms with E-state index >= 15 is 0 Å². The molecule has 4 nitrogen and oxygen atoms in total. The van der Waals surface area contributed by atoms with Crippen molar-refractivity contribution in [1.82, 2.24) is 4.90 Å². The van der Waals surface area contributed by atoms with Crippen molar-refractivity contribution >= 4 is 27.7 Å². The van der Waals surface area contributed by atoms with Crippen LogP contribution in [0.5, 0.6) is 0 Å². The molecule has 7 heteroatoms.